The monoisotopic (exact) mass is 317 g/mol. The van der Waals surface area contributed by atoms with E-state index in [0.29, 0.717) is 6.54 Å². The molecule has 0 heterocycles. The molecule has 0 radical (unpaired) electrons. The molecular formula is C18H20FNO3. The molecule has 2 rings (SSSR count). The highest BCUT2D eigenvalue weighted by atomic mass is 19.1. The number of benzene rings is 2. The molecule has 0 spiro atoms. The summed E-state index contributed by atoms with van der Waals surface area (Å²) in [4.78, 5) is 14.0. The minimum atomic E-state index is -0.556. The van der Waals surface area contributed by atoms with Crippen LogP contribution in [-0.4, -0.2) is 32.1 Å². The molecule has 0 saturated carbocycles. The van der Waals surface area contributed by atoms with Crippen LogP contribution in [0.4, 0.5) is 4.39 Å². The first-order valence-corrected chi connectivity index (χ1v) is 7.18. The van der Waals surface area contributed by atoms with Crippen molar-refractivity contribution in [3.8, 4) is 11.5 Å². The third kappa shape index (κ3) is 3.80. The molecule has 0 aromatic heterocycles. The van der Waals surface area contributed by atoms with E-state index in [1.54, 1.807) is 20.2 Å². The van der Waals surface area contributed by atoms with Crippen LogP contribution in [-0.2, 0) is 6.54 Å². The number of hydrogen-bond donors (Lipinski definition) is 0. The van der Waals surface area contributed by atoms with Crippen molar-refractivity contribution in [1.82, 2.24) is 4.90 Å². The summed E-state index contributed by atoms with van der Waals surface area (Å²) in [5.74, 6) is 0.00992. The third-order valence-electron chi connectivity index (χ3n) is 3.59. The van der Waals surface area contributed by atoms with Crippen LogP contribution in [0.15, 0.2) is 36.4 Å². The maximum absolute atomic E-state index is 13.8. The predicted molar refractivity (Wildman–Crippen MR) is 86.5 cm³/mol. The molecule has 0 unspecified atom stereocenters. The summed E-state index contributed by atoms with van der Waals surface area (Å²) in [6.45, 7) is 2.35. The van der Waals surface area contributed by atoms with Gasteiger partial charge in [0.05, 0.1) is 14.2 Å². The Morgan fingerprint density at radius 2 is 1.74 bits per heavy atom. The zero-order valence-electron chi connectivity index (χ0n) is 13.7. The summed E-state index contributed by atoms with van der Waals surface area (Å²) in [6.07, 6.45) is 0. The summed E-state index contributed by atoms with van der Waals surface area (Å²) in [5, 5.41) is 0. The molecule has 2 aromatic carbocycles. The largest absolute Gasteiger partial charge is 0.496 e. The van der Waals surface area contributed by atoms with Crippen molar-refractivity contribution in [2.24, 2.45) is 0 Å². The van der Waals surface area contributed by atoms with Gasteiger partial charge in [-0.05, 0) is 31.2 Å². The second-order valence-corrected chi connectivity index (χ2v) is 5.33. The highest BCUT2D eigenvalue weighted by molar-refractivity contribution is 5.94. The summed E-state index contributed by atoms with van der Waals surface area (Å²) in [7, 11) is 4.65. The highest BCUT2D eigenvalue weighted by Crippen LogP contribution is 2.23. The molecule has 122 valence electrons. The van der Waals surface area contributed by atoms with Crippen LogP contribution >= 0.6 is 0 Å². The van der Waals surface area contributed by atoms with Gasteiger partial charge in [-0.3, -0.25) is 4.79 Å². The number of rotatable bonds is 5. The van der Waals surface area contributed by atoms with E-state index in [0.717, 1.165) is 16.9 Å². The van der Waals surface area contributed by atoms with Crippen molar-refractivity contribution >= 4 is 5.91 Å². The van der Waals surface area contributed by atoms with Crippen molar-refractivity contribution in [3.63, 3.8) is 0 Å². The quantitative estimate of drug-likeness (QED) is 0.848. The van der Waals surface area contributed by atoms with Gasteiger partial charge in [-0.2, -0.15) is 0 Å². The Morgan fingerprint density at radius 1 is 1.09 bits per heavy atom. The first-order chi connectivity index (χ1) is 11.0. The Labute approximate surface area is 135 Å². The molecule has 0 bridgehead atoms. The van der Waals surface area contributed by atoms with Crippen LogP contribution in [0.5, 0.6) is 11.5 Å². The Morgan fingerprint density at radius 3 is 2.35 bits per heavy atom. The van der Waals surface area contributed by atoms with Gasteiger partial charge < -0.3 is 14.4 Å². The second-order valence-electron chi connectivity index (χ2n) is 5.33. The third-order valence-corrected chi connectivity index (χ3v) is 3.59. The molecule has 2 aromatic rings. The molecule has 4 nitrogen and oxygen atoms in total. The maximum Gasteiger partial charge on any atom is 0.254 e. The molecule has 23 heavy (non-hydrogen) atoms. The lowest BCUT2D eigenvalue weighted by molar-refractivity contribution is 0.0783. The zero-order valence-corrected chi connectivity index (χ0v) is 13.7. The normalized spacial score (nSPS) is 10.3. The van der Waals surface area contributed by atoms with Crippen molar-refractivity contribution < 1.29 is 18.7 Å². The summed E-state index contributed by atoms with van der Waals surface area (Å²) in [5.41, 5.74) is 2.26. The SMILES string of the molecule is COc1ccc(C(=O)N(C)Cc2cc(C)ccc2OC)cc1F. The van der Waals surface area contributed by atoms with Crippen LogP contribution in [0, 0.1) is 12.7 Å². The highest BCUT2D eigenvalue weighted by Gasteiger charge is 2.16. The number of carbonyl (C=O) groups excluding carboxylic acids is 1. The Bertz CT molecular complexity index is 715. The minimum Gasteiger partial charge on any atom is -0.496 e. The fraction of sp³-hybridized carbons (Fsp3) is 0.278. The van der Waals surface area contributed by atoms with Gasteiger partial charge in [0.1, 0.15) is 5.75 Å². The molecular weight excluding hydrogens is 297 g/mol. The number of ether oxygens (including phenoxy) is 2. The first kappa shape index (κ1) is 16.8. The fourth-order valence-corrected chi connectivity index (χ4v) is 2.38. The van der Waals surface area contributed by atoms with Crippen molar-refractivity contribution in [2.75, 3.05) is 21.3 Å². The average Bonchev–Trinajstić information content (AvgIpc) is 2.54. The van der Waals surface area contributed by atoms with Gasteiger partial charge in [0, 0.05) is 24.7 Å². The summed E-state index contributed by atoms with van der Waals surface area (Å²) in [6, 6.07) is 9.97. The zero-order chi connectivity index (χ0) is 17.0. The lowest BCUT2D eigenvalue weighted by Gasteiger charge is -2.19. The van der Waals surface area contributed by atoms with Crippen LogP contribution in [0.1, 0.15) is 21.5 Å². The number of amides is 1. The van der Waals surface area contributed by atoms with Gasteiger partial charge in [0.15, 0.2) is 11.6 Å². The van der Waals surface area contributed by atoms with E-state index in [1.165, 1.54) is 24.1 Å². The molecule has 0 aliphatic carbocycles. The summed E-state index contributed by atoms with van der Waals surface area (Å²) < 4.78 is 23.9. The smallest absolute Gasteiger partial charge is 0.254 e. The average molecular weight is 317 g/mol. The Kier molecular flexibility index (Phi) is 5.21. The van der Waals surface area contributed by atoms with E-state index in [4.69, 9.17) is 9.47 Å². The molecule has 0 aliphatic rings. The number of aryl methyl sites for hydroxylation is 1. The topological polar surface area (TPSA) is 38.8 Å². The molecule has 1 amide bonds. The second kappa shape index (κ2) is 7.13. The van der Waals surface area contributed by atoms with Crippen LogP contribution in [0.2, 0.25) is 0 Å². The van der Waals surface area contributed by atoms with Crippen LogP contribution in [0.25, 0.3) is 0 Å². The number of carbonyl (C=O) groups is 1. The molecule has 0 saturated heterocycles. The Hall–Kier alpha value is -2.56. The number of hydrogen-bond acceptors (Lipinski definition) is 3. The molecule has 0 atom stereocenters. The molecule has 0 aliphatic heterocycles. The van der Waals surface area contributed by atoms with Crippen molar-refractivity contribution in [2.45, 2.75) is 13.5 Å². The standard InChI is InChI=1S/C18H20FNO3/c1-12-5-7-16(22-3)14(9-12)11-20(2)18(21)13-6-8-17(23-4)15(19)10-13/h5-10H,11H2,1-4H3. The van der Waals surface area contributed by atoms with Gasteiger partial charge >= 0.3 is 0 Å². The number of methoxy groups -OCH3 is 2. The van der Waals surface area contributed by atoms with E-state index < -0.39 is 5.82 Å². The van der Waals surface area contributed by atoms with E-state index >= 15 is 0 Å². The van der Waals surface area contributed by atoms with Gasteiger partial charge in [-0.1, -0.05) is 17.7 Å². The van der Waals surface area contributed by atoms with Gasteiger partial charge in [0.25, 0.3) is 5.91 Å². The lowest BCUT2D eigenvalue weighted by atomic mass is 10.1. The Balaban J connectivity index is 2.20. The van der Waals surface area contributed by atoms with Crippen molar-refractivity contribution in [3.05, 3.63) is 58.9 Å². The van der Waals surface area contributed by atoms with Crippen molar-refractivity contribution in [1.29, 1.82) is 0 Å². The summed E-state index contributed by atoms with van der Waals surface area (Å²) >= 11 is 0. The molecule has 5 heteroatoms. The number of halogens is 1. The number of nitrogens with zero attached hydrogens (tertiary/aromatic N) is 1. The lowest BCUT2D eigenvalue weighted by Crippen LogP contribution is -2.26. The molecule has 0 fully saturated rings. The maximum atomic E-state index is 13.8. The van der Waals surface area contributed by atoms with Gasteiger partial charge in [-0.25, -0.2) is 4.39 Å². The van der Waals surface area contributed by atoms with E-state index in [2.05, 4.69) is 0 Å². The van der Waals surface area contributed by atoms with Crippen LogP contribution < -0.4 is 9.47 Å². The van der Waals surface area contributed by atoms with Crippen LogP contribution in [0.3, 0.4) is 0 Å². The van der Waals surface area contributed by atoms with E-state index in [-0.39, 0.29) is 17.2 Å². The van der Waals surface area contributed by atoms with Gasteiger partial charge in [-0.15, -0.1) is 0 Å². The van der Waals surface area contributed by atoms with Gasteiger partial charge in [0.2, 0.25) is 0 Å². The molecule has 0 N–H and O–H groups in total. The van der Waals surface area contributed by atoms with E-state index in [1.807, 2.05) is 25.1 Å². The van der Waals surface area contributed by atoms with E-state index in [9.17, 15) is 9.18 Å². The minimum absolute atomic E-state index is 0.115. The first-order valence-electron chi connectivity index (χ1n) is 7.18. The fourth-order valence-electron chi connectivity index (χ4n) is 2.38. The predicted octanol–water partition coefficient (Wildman–Crippen LogP) is 3.42.